The van der Waals surface area contributed by atoms with E-state index in [1.54, 1.807) is 19.2 Å². The van der Waals surface area contributed by atoms with Crippen LogP contribution in [0.1, 0.15) is 21.1 Å². The summed E-state index contributed by atoms with van der Waals surface area (Å²) in [6.45, 7) is 2.45. The van der Waals surface area contributed by atoms with E-state index in [1.165, 1.54) is 11.5 Å². The van der Waals surface area contributed by atoms with Crippen LogP contribution in [0.3, 0.4) is 0 Å². The largest absolute Gasteiger partial charge is 0.481 e. The summed E-state index contributed by atoms with van der Waals surface area (Å²) in [5.41, 5.74) is 1.36. The van der Waals surface area contributed by atoms with Crippen LogP contribution in [-0.4, -0.2) is 28.9 Å². The highest BCUT2D eigenvalue weighted by atomic mass is 32.1. The van der Waals surface area contributed by atoms with Gasteiger partial charge in [0.1, 0.15) is 5.69 Å². The molecule has 0 spiro atoms. The Labute approximate surface area is 115 Å². The number of aromatic nitrogens is 2. The summed E-state index contributed by atoms with van der Waals surface area (Å²) < 4.78 is 9.11. The van der Waals surface area contributed by atoms with E-state index in [4.69, 9.17) is 4.74 Å². The second kappa shape index (κ2) is 6.29. The number of hydrogen-bond acceptors (Lipinski definition) is 5. The van der Waals surface area contributed by atoms with E-state index in [0.717, 1.165) is 10.6 Å². The third-order valence-electron chi connectivity index (χ3n) is 2.52. The van der Waals surface area contributed by atoms with Gasteiger partial charge >= 0.3 is 0 Å². The van der Waals surface area contributed by atoms with Crippen molar-refractivity contribution in [3.05, 3.63) is 40.5 Å². The minimum atomic E-state index is -0.146. The molecule has 0 saturated carbocycles. The summed E-state index contributed by atoms with van der Waals surface area (Å²) in [7, 11) is 1.58. The Morgan fingerprint density at radius 3 is 3.00 bits per heavy atom. The van der Waals surface area contributed by atoms with Crippen molar-refractivity contribution < 1.29 is 9.53 Å². The molecule has 0 atom stereocenters. The van der Waals surface area contributed by atoms with E-state index in [-0.39, 0.29) is 5.91 Å². The smallest absolute Gasteiger partial charge is 0.271 e. The van der Waals surface area contributed by atoms with Crippen molar-refractivity contribution in [2.45, 2.75) is 13.3 Å². The molecule has 0 radical (unpaired) electrons. The Bertz CT molecular complexity index is 569. The Kier molecular flexibility index (Phi) is 4.46. The maximum absolute atomic E-state index is 11.8. The van der Waals surface area contributed by atoms with Gasteiger partial charge in [0.15, 0.2) is 0 Å². The van der Waals surface area contributed by atoms with Gasteiger partial charge < -0.3 is 10.1 Å². The average Bonchev–Trinajstić information content (AvgIpc) is 2.86. The molecule has 6 heteroatoms. The van der Waals surface area contributed by atoms with Gasteiger partial charge in [0.2, 0.25) is 5.88 Å². The maximum Gasteiger partial charge on any atom is 0.271 e. The lowest BCUT2D eigenvalue weighted by atomic mass is 10.2. The molecule has 0 unspecified atom stereocenters. The molecule has 2 aromatic heterocycles. The summed E-state index contributed by atoms with van der Waals surface area (Å²) in [6.07, 6.45) is 0.659. The zero-order chi connectivity index (χ0) is 13.7. The van der Waals surface area contributed by atoms with Gasteiger partial charge in [0, 0.05) is 29.6 Å². The van der Waals surface area contributed by atoms with Crippen molar-refractivity contribution in [1.29, 1.82) is 0 Å². The number of nitrogens with zero attached hydrogens (tertiary/aromatic N) is 2. The Morgan fingerprint density at radius 1 is 1.47 bits per heavy atom. The summed E-state index contributed by atoms with van der Waals surface area (Å²) in [5, 5.41) is 2.82. The van der Waals surface area contributed by atoms with Crippen molar-refractivity contribution in [1.82, 2.24) is 14.7 Å². The molecule has 0 fully saturated rings. The highest BCUT2D eigenvalue weighted by Crippen LogP contribution is 2.08. The van der Waals surface area contributed by atoms with Gasteiger partial charge in [-0.25, -0.2) is 4.98 Å². The van der Waals surface area contributed by atoms with E-state index in [2.05, 4.69) is 14.7 Å². The molecule has 1 N–H and O–H groups in total. The lowest BCUT2D eigenvalue weighted by Gasteiger charge is -2.04. The molecule has 0 aliphatic carbocycles. The molecule has 2 heterocycles. The van der Waals surface area contributed by atoms with Crippen LogP contribution >= 0.6 is 11.5 Å². The molecule has 0 bridgehead atoms. The van der Waals surface area contributed by atoms with Crippen LogP contribution in [-0.2, 0) is 6.42 Å². The summed E-state index contributed by atoms with van der Waals surface area (Å²) in [4.78, 5) is 17.1. The lowest BCUT2D eigenvalue weighted by Crippen LogP contribution is -2.26. The standard InChI is InChI=1S/C13H15N3O2S/c1-9-8-11(16-19-9)13(17)14-7-6-10-4-3-5-12(15-10)18-2/h3-5,8H,6-7H2,1-2H3,(H,14,17). The van der Waals surface area contributed by atoms with Crippen LogP contribution in [0, 0.1) is 6.92 Å². The first-order chi connectivity index (χ1) is 9.19. The van der Waals surface area contributed by atoms with E-state index >= 15 is 0 Å². The van der Waals surface area contributed by atoms with Gasteiger partial charge in [0.25, 0.3) is 5.91 Å². The van der Waals surface area contributed by atoms with Crippen LogP contribution in [0.25, 0.3) is 0 Å². The van der Waals surface area contributed by atoms with Gasteiger partial charge in [-0.15, -0.1) is 0 Å². The van der Waals surface area contributed by atoms with Crippen LogP contribution in [0.15, 0.2) is 24.3 Å². The van der Waals surface area contributed by atoms with Gasteiger partial charge in [-0.1, -0.05) is 6.07 Å². The number of rotatable bonds is 5. The molecule has 0 aromatic carbocycles. The van der Waals surface area contributed by atoms with Crippen molar-refractivity contribution >= 4 is 17.4 Å². The number of amides is 1. The topological polar surface area (TPSA) is 64.1 Å². The van der Waals surface area contributed by atoms with Crippen LogP contribution in [0.2, 0.25) is 0 Å². The van der Waals surface area contributed by atoms with Crippen LogP contribution in [0.4, 0.5) is 0 Å². The number of carbonyl (C=O) groups is 1. The van der Waals surface area contributed by atoms with E-state index in [9.17, 15) is 4.79 Å². The highest BCUT2D eigenvalue weighted by Gasteiger charge is 2.08. The maximum atomic E-state index is 11.8. The number of nitrogens with one attached hydrogen (secondary N) is 1. The summed E-state index contributed by atoms with van der Waals surface area (Å²) in [6, 6.07) is 7.36. The van der Waals surface area contributed by atoms with Crippen molar-refractivity contribution in [2.24, 2.45) is 0 Å². The van der Waals surface area contributed by atoms with Crippen molar-refractivity contribution in [2.75, 3.05) is 13.7 Å². The lowest BCUT2D eigenvalue weighted by molar-refractivity contribution is 0.0950. The molecule has 2 rings (SSSR count). The molecule has 5 nitrogen and oxygen atoms in total. The quantitative estimate of drug-likeness (QED) is 0.905. The van der Waals surface area contributed by atoms with Crippen LogP contribution < -0.4 is 10.1 Å². The molecular weight excluding hydrogens is 262 g/mol. The summed E-state index contributed by atoms with van der Waals surface area (Å²) >= 11 is 1.33. The first kappa shape index (κ1) is 13.5. The van der Waals surface area contributed by atoms with Gasteiger partial charge in [0.05, 0.1) is 7.11 Å². The van der Waals surface area contributed by atoms with E-state index in [0.29, 0.717) is 24.5 Å². The highest BCUT2D eigenvalue weighted by molar-refractivity contribution is 7.05. The molecule has 0 aliphatic heterocycles. The molecule has 19 heavy (non-hydrogen) atoms. The number of ether oxygens (including phenoxy) is 1. The van der Waals surface area contributed by atoms with Gasteiger partial charge in [-0.3, -0.25) is 4.79 Å². The minimum absolute atomic E-state index is 0.146. The zero-order valence-electron chi connectivity index (χ0n) is 10.8. The van der Waals surface area contributed by atoms with Gasteiger partial charge in [-0.2, -0.15) is 4.37 Å². The number of methoxy groups -OCH3 is 1. The first-order valence-corrected chi connectivity index (χ1v) is 6.68. The normalized spacial score (nSPS) is 10.2. The Balaban J connectivity index is 1.84. The first-order valence-electron chi connectivity index (χ1n) is 5.90. The molecule has 0 aliphatic rings. The fourth-order valence-electron chi connectivity index (χ4n) is 1.58. The zero-order valence-corrected chi connectivity index (χ0v) is 11.7. The molecule has 100 valence electrons. The molecule has 2 aromatic rings. The molecule has 1 amide bonds. The molecular formula is C13H15N3O2S. The molecule has 0 saturated heterocycles. The number of pyridine rings is 1. The van der Waals surface area contributed by atoms with E-state index in [1.807, 2.05) is 19.1 Å². The number of aryl methyl sites for hydroxylation is 1. The fraction of sp³-hybridized carbons (Fsp3) is 0.308. The fourth-order valence-corrected chi connectivity index (χ4v) is 2.12. The Morgan fingerprint density at radius 2 is 2.32 bits per heavy atom. The third-order valence-corrected chi connectivity index (χ3v) is 3.21. The van der Waals surface area contributed by atoms with Crippen molar-refractivity contribution in [3.8, 4) is 5.88 Å². The predicted molar refractivity (Wildman–Crippen MR) is 73.7 cm³/mol. The SMILES string of the molecule is COc1cccc(CCNC(=O)c2cc(C)sn2)n1. The third kappa shape index (κ3) is 3.75. The van der Waals surface area contributed by atoms with Gasteiger partial charge in [-0.05, 0) is 30.6 Å². The second-order valence-corrected chi connectivity index (χ2v) is 5.01. The Hall–Kier alpha value is -1.95. The monoisotopic (exact) mass is 277 g/mol. The second-order valence-electron chi connectivity index (χ2n) is 4.00. The summed E-state index contributed by atoms with van der Waals surface area (Å²) in [5.74, 6) is 0.436. The predicted octanol–water partition coefficient (Wildman–Crippen LogP) is 1.83. The average molecular weight is 277 g/mol. The number of hydrogen-bond donors (Lipinski definition) is 1. The van der Waals surface area contributed by atoms with Crippen LogP contribution in [0.5, 0.6) is 5.88 Å². The number of carbonyl (C=O) groups excluding carboxylic acids is 1. The minimum Gasteiger partial charge on any atom is -0.481 e. The van der Waals surface area contributed by atoms with Crippen molar-refractivity contribution in [3.63, 3.8) is 0 Å². The van der Waals surface area contributed by atoms with E-state index < -0.39 is 0 Å².